The quantitative estimate of drug-likeness (QED) is 0.777. The molecule has 0 spiro atoms. The van der Waals surface area contributed by atoms with E-state index in [9.17, 15) is 0 Å². The Balaban J connectivity index is 1.86. The van der Waals surface area contributed by atoms with E-state index in [2.05, 4.69) is 34.5 Å². The summed E-state index contributed by atoms with van der Waals surface area (Å²) >= 11 is 0. The van der Waals surface area contributed by atoms with Gasteiger partial charge >= 0.3 is 0 Å². The van der Waals surface area contributed by atoms with Crippen molar-refractivity contribution in [2.24, 2.45) is 0 Å². The van der Waals surface area contributed by atoms with Gasteiger partial charge in [0.15, 0.2) is 0 Å². The van der Waals surface area contributed by atoms with Crippen LogP contribution in [0.2, 0.25) is 0 Å². The van der Waals surface area contributed by atoms with Crippen LogP contribution >= 0.6 is 0 Å². The fourth-order valence-corrected chi connectivity index (χ4v) is 2.44. The Kier molecular flexibility index (Phi) is 3.83. The number of likely N-dealkylation sites (N-methyl/N-ethyl adjacent to an activating group) is 1. The third-order valence-electron chi connectivity index (χ3n) is 3.58. The molecule has 0 saturated heterocycles. The van der Waals surface area contributed by atoms with Crippen molar-refractivity contribution in [1.29, 1.82) is 0 Å². The van der Waals surface area contributed by atoms with E-state index >= 15 is 0 Å². The third-order valence-corrected chi connectivity index (χ3v) is 3.58. The number of nitrogens with zero attached hydrogens (tertiary/aromatic N) is 2. The van der Waals surface area contributed by atoms with Crippen LogP contribution in [0.1, 0.15) is 30.3 Å². The number of aromatic nitrogens is 2. The van der Waals surface area contributed by atoms with Gasteiger partial charge in [0.2, 0.25) is 11.7 Å². The predicted octanol–water partition coefficient (Wildman–Crippen LogP) is 3.39. The Labute approximate surface area is 123 Å². The Morgan fingerprint density at radius 2 is 1.95 bits per heavy atom. The maximum atomic E-state index is 5.41. The molecular formula is C16H17N3O2. The summed E-state index contributed by atoms with van der Waals surface area (Å²) < 4.78 is 10.5. The molecule has 3 rings (SSSR count). The first-order chi connectivity index (χ1) is 10.3. The highest BCUT2D eigenvalue weighted by atomic mass is 16.5. The zero-order valence-electron chi connectivity index (χ0n) is 12.0. The van der Waals surface area contributed by atoms with Gasteiger partial charge in [-0.15, -0.1) is 0 Å². The molecule has 0 aliphatic heterocycles. The molecule has 21 heavy (non-hydrogen) atoms. The molecule has 0 fully saturated rings. The van der Waals surface area contributed by atoms with Gasteiger partial charge in [-0.05, 0) is 18.7 Å². The minimum atomic E-state index is 0.0607. The van der Waals surface area contributed by atoms with Crippen LogP contribution < -0.4 is 5.32 Å². The molecule has 0 radical (unpaired) electrons. The van der Waals surface area contributed by atoms with Gasteiger partial charge in [0, 0.05) is 6.04 Å². The fourth-order valence-electron chi connectivity index (χ4n) is 2.44. The Morgan fingerprint density at radius 1 is 1.14 bits per heavy atom. The lowest BCUT2D eigenvalue weighted by atomic mass is 9.94. The number of nitrogens with one attached hydrogen (secondary N) is 1. The SMILES string of the molecule is CNC(c1ccccc1)C(C)c1nc(-c2ccoc2)no1. The molecule has 5 heteroatoms. The summed E-state index contributed by atoms with van der Waals surface area (Å²) in [6.45, 7) is 2.07. The second-order valence-electron chi connectivity index (χ2n) is 4.93. The van der Waals surface area contributed by atoms with Crippen LogP contribution in [0.4, 0.5) is 0 Å². The summed E-state index contributed by atoms with van der Waals surface area (Å²) in [5.41, 5.74) is 2.01. The number of benzene rings is 1. The van der Waals surface area contributed by atoms with Crippen molar-refractivity contribution in [3.8, 4) is 11.4 Å². The minimum Gasteiger partial charge on any atom is -0.472 e. The van der Waals surface area contributed by atoms with Gasteiger partial charge < -0.3 is 14.3 Å². The highest BCUT2D eigenvalue weighted by molar-refractivity contribution is 5.51. The van der Waals surface area contributed by atoms with Crippen LogP contribution in [-0.2, 0) is 0 Å². The summed E-state index contributed by atoms with van der Waals surface area (Å²) in [7, 11) is 1.93. The van der Waals surface area contributed by atoms with Crippen LogP contribution in [0.15, 0.2) is 57.9 Å². The second kappa shape index (κ2) is 5.93. The standard InChI is InChI=1S/C16H17N3O2/c1-11(14(17-2)12-6-4-3-5-7-12)16-18-15(19-21-16)13-8-9-20-10-13/h3-11,14,17H,1-2H3. The summed E-state index contributed by atoms with van der Waals surface area (Å²) in [6.07, 6.45) is 3.20. The number of furan rings is 1. The molecule has 0 saturated carbocycles. The van der Waals surface area contributed by atoms with E-state index in [1.54, 1.807) is 12.5 Å². The first-order valence-electron chi connectivity index (χ1n) is 6.88. The first-order valence-corrected chi connectivity index (χ1v) is 6.88. The number of hydrogen-bond acceptors (Lipinski definition) is 5. The zero-order chi connectivity index (χ0) is 14.7. The maximum absolute atomic E-state index is 5.41. The predicted molar refractivity (Wildman–Crippen MR) is 78.7 cm³/mol. The average Bonchev–Trinajstić information content (AvgIpc) is 3.20. The second-order valence-corrected chi connectivity index (χ2v) is 4.93. The summed E-state index contributed by atoms with van der Waals surface area (Å²) in [5, 5.41) is 7.33. The molecular weight excluding hydrogens is 266 g/mol. The van der Waals surface area contributed by atoms with Crippen molar-refractivity contribution >= 4 is 0 Å². The summed E-state index contributed by atoms with van der Waals surface area (Å²) in [6, 6.07) is 12.2. The van der Waals surface area contributed by atoms with Crippen LogP contribution in [0.5, 0.6) is 0 Å². The molecule has 5 nitrogen and oxygen atoms in total. The smallest absolute Gasteiger partial charge is 0.231 e. The van der Waals surface area contributed by atoms with Crippen molar-refractivity contribution in [3.05, 3.63) is 60.4 Å². The van der Waals surface area contributed by atoms with Gasteiger partial charge in [-0.1, -0.05) is 42.4 Å². The van der Waals surface area contributed by atoms with Crippen LogP contribution in [0, 0.1) is 0 Å². The molecule has 0 aliphatic rings. The van der Waals surface area contributed by atoms with Gasteiger partial charge in [0.25, 0.3) is 0 Å². The Hall–Kier alpha value is -2.40. The summed E-state index contributed by atoms with van der Waals surface area (Å²) in [5.74, 6) is 1.22. The largest absolute Gasteiger partial charge is 0.472 e. The van der Waals surface area contributed by atoms with Crippen LogP contribution in [0.25, 0.3) is 11.4 Å². The highest BCUT2D eigenvalue weighted by Crippen LogP contribution is 2.30. The van der Waals surface area contributed by atoms with Crippen molar-refractivity contribution in [3.63, 3.8) is 0 Å². The lowest BCUT2D eigenvalue weighted by molar-refractivity contribution is 0.331. The van der Waals surface area contributed by atoms with Gasteiger partial charge in [0.05, 0.1) is 17.7 Å². The van der Waals surface area contributed by atoms with Crippen molar-refractivity contribution < 1.29 is 8.94 Å². The topological polar surface area (TPSA) is 64.1 Å². The lowest BCUT2D eigenvalue weighted by Gasteiger charge is -2.21. The van der Waals surface area contributed by atoms with Crippen molar-refractivity contribution in [2.45, 2.75) is 18.9 Å². The van der Waals surface area contributed by atoms with Gasteiger partial charge in [0.1, 0.15) is 6.26 Å². The van der Waals surface area contributed by atoms with Crippen molar-refractivity contribution in [1.82, 2.24) is 15.5 Å². The van der Waals surface area contributed by atoms with E-state index in [1.807, 2.05) is 31.3 Å². The lowest BCUT2D eigenvalue weighted by Crippen LogP contribution is -2.22. The highest BCUT2D eigenvalue weighted by Gasteiger charge is 2.24. The average molecular weight is 283 g/mol. The Morgan fingerprint density at radius 3 is 2.62 bits per heavy atom. The molecule has 0 amide bonds. The first kappa shape index (κ1) is 13.6. The van der Waals surface area contributed by atoms with Gasteiger partial charge in [-0.2, -0.15) is 4.98 Å². The van der Waals surface area contributed by atoms with E-state index in [4.69, 9.17) is 8.94 Å². The molecule has 1 N–H and O–H groups in total. The van der Waals surface area contributed by atoms with Gasteiger partial charge in [-0.25, -0.2) is 0 Å². The molecule has 0 aliphatic carbocycles. The molecule has 108 valence electrons. The summed E-state index contributed by atoms with van der Waals surface area (Å²) in [4.78, 5) is 4.47. The number of hydrogen-bond donors (Lipinski definition) is 1. The van der Waals surface area contributed by atoms with E-state index in [1.165, 1.54) is 5.56 Å². The third kappa shape index (κ3) is 2.73. The molecule has 0 bridgehead atoms. The minimum absolute atomic E-state index is 0.0607. The van der Waals surface area contributed by atoms with E-state index in [-0.39, 0.29) is 12.0 Å². The Bertz CT molecular complexity index is 677. The normalized spacial score (nSPS) is 14.0. The molecule has 2 atom stereocenters. The zero-order valence-corrected chi connectivity index (χ0v) is 12.0. The van der Waals surface area contributed by atoms with E-state index in [0.29, 0.717) is 11.7 Å². The maximum Gasteiger partial charge on any atom is 0.231 e. The number of rotatable bonds is 5. The molecule has 1 aromatic carbocycles. The molecule has 2 unspecified atom stereocenters. The van der Waals surface area contributed by atoms with Crippen molar-refractivity contribution in [2.75, 3.05) is 7.05 Å². The molecule has 2 aromatic heterocycles. The van der Waals surface area contributed by atoms with E-state index < -0.39 is 0 Å². The van der Waals surface area contributed by atoms with Crippen LogP contribution in [0.3, 0.4) is 0 Å². The molecule has 3 aromatic rings. The van der Waals surface area contributed by atoms with Crippen LogP contribution in [-0.4, -0.2) is 17.2 Å². The molecule has 2 heterocycles. The van der Waals surface area contributed by atoms with Gasteiger partial charge in [-0.3, -0.25) is 0 Å². The monoisotopic (exact) mass is 283 g/mol. The fraction of sp³-hybridized carbons (Fsp3) is 0.250. The van der Waals surface area contributed by atoms with E-state index in [0.717, 1.165) is 5.56 Å².